The van der Waals surface area contributed by atoms with Gasteiger partial charge in [-0.3, -0.25) is 9.69 Å². The third kappa shape index (κ3) is 2.85. The van der Waals surface area contributed by atoms with E-state index < -0.39 is 0 Å². The first-order chi connectivity index (χ1) is 11.2. The van der Waals surface area contributed by atoms with E-state index in [1.807, 2.05) is 23.1 Å². The quantitative estimate of drug-likeness (QED) is 0.786. The van der Waals surface area contributed by atoms with E-state index in [0.717, 1.165) is 37.2 Å². The van der Waals surface area contributed by atoms with Gasteiger partial charge in [-0.15, -0.1) is 0 Å². The number of carbonyl (C=O) groups is 2. The van der Waals surface area contributed by atoms with Crippen molar-refractivity contribution in [2.75, 3.05) is 38.8 Å². The van der Waals surface area contributed by atoms with Crippen LogP contribution in [0, 0.1) is 0 Å². The molecule has 23 heavy (non-hydrogen) atoms. The first kappa shape index (κ1) is 15.6. The lowest BCUT2D eigenvalue weighted by Crippen LogP contribution is -2.45. The number of fused-ring (bicyclic) bond motifs is 1. The van der Waals surface area contributed by atoms with Crippen LogP contribution in [0.15, 0.2) is 18.2 Å². The monoisotopic (exact) mass is 318 g/mol. The SMILES string of the molecule is COC(=O)C1CCN(C(=O)N2CCCC2)c2ccc(OC)cc21. The second-order valence-electron chi connectivity index (χ2n) is 5.92. The Hall–Kier alpha value is -2.24. The zero-order chi connectivity index (χ0) is 16.4. The Morgan fingerprint density at radius 2 is 1.87 bits per heavy atom. The molecule has 3 rings (SSSR count). The molecule has 2 amide bonds. The van der Waals surface area contributed by atoms with Crippen LogP contribution in [0.2, 0.25) is 0 Å². The Bertz CT molecular complexity index is 611. The Kier molecular flexibility index (Phi) is 4.41. The van der Waals surface area contributed by atoms with Gasteiger partial charge >= 0.3 is 12.0 Å². The van der Waals surface area contributed by atoms with Gasteiger partial charge in [-0.2, -0.15) is 0 Å². The lowest BCUT2D eigenvalue weighted by atomic mass is 9.89. The van der Waals surface area contributed by atoms with Gasteiger partial charge in [0, 0.05) is 25.3 Å². The summed E-state index contributed by atoms with van der Waals surface area (Å²) in [6.07, 6.45) is 2.67. The lowest BCUT2D eigenvalue weighted by molar-refractivity contribution is -0.142. The fraction of sp³-hybridized carbons (Fsp3) is 0.529. The van der Waals surface area contributed by atoms with E-state index in [1.54, 1.807) is 12.0 Å². The topological polar surface area (TPSA) is 59.1 Å². The average Bonchev–Trinajstić information content (AvgIpc) is 3.13. The van der Waals surface area contributed by atoms with Gasteiger partial charge in [-0.1, -0.05) is 0 Å². The molecule has 1 aromatic rings. The molecule has 1 unspecified atom stereocenters. The summed E-state index contributed by atoms with van der Waals surface area (Å²) in [6.45, 7) is 2.14. The van der Waals surface area contributed by atoms with Gasteiger partial charge in [0.2, 0.25) is 0 Å². The molecule has 6 heteroatoms. The molecule has 0 spiro atoms. The number of hydrogen-bond acceptors (Lipinski definition) is 4. The van der Waals surface area contributed by atoms with E-state index in [0.29, 0.717) is 18.7 Å². The summed E-state index contributed by atoms with van der Waals surface area (Å²) < 4.78 is 10.2. The largest absolute Gasteiger partial charge is 0.497 e. The highest BCUT2D eigenvalue weighted by Gasteiger charge is 2.35. The van der Waals surface area contributed by atoms with Crippen LogP contribution in [-0.2, 0) is 9.53 Å². The Labute approximate surface area is 136 Å². The zero-order valence-corrected chi connectivity index (χ0v) is 13.6. The number of carbonyl (C=O) groups excluding carboxylic acids is 2. The van der Waals surface area contributed by atoms with Gasteiger partial charge in [0.25, 0.3) is 0 Å². The van der Waals surface area contributed by atoms with Crippen molar-refractivity contribution in [3.05, 3.63) is 23.8 Å². The van der Waals surface area contributed by atoms with E-state index in [9.17, 15) is 9.59 Å². The molecule has 0 saturated carbocycles. The predicted octanol–water partition coefficient (Wildman–Crippen LogP) is 2.38. The highest BCUT2D eigenvalue weighted by molar-refractivity contribution is 5.95. The Morgan fingerprint density at radius 3 is 2.52 bits per heavy atom. The normalized spacial score (nSPS) is 20.2. The van der Waals surface area contributed by atoms with Crippen molar-refractivity contribution in [3.63, 3.8) is 0 Å². The standard InChI is InChI=1S/C17H22N2O4/c1-22-12-5-6-15-14(11-12)13(16(20)23-2)7-10-19(15)17(21)18-8-3-4-9-18/h5-6,11,13H,3-4,7-10H2,1-2H3. The minimum absolute atomic E-state index is 0.0252. The van der Waals surface area contributed by atoms with Gasteiger partial charge in [0.05, 0.1) is 20.1 Å². The molecule has 1 fully saturated rings. The van der Waals surface area contributed by atoms with E-state index >= 15 is 0 Å². The lowest BCUT2D eigenvalue weighted by Gasteiger charge is -2.35. The molecular formula is C17H22N2O4. The number of urea groups is 1. The van der Waals surface area contributed by atoms with Crippen LogP contribution in [0.3, 0.4) is 0 Å². The second kappa shape index (κ2) is 6.48. The smallest absolute Gasteiger partial charge is 0.324 e. The molecule has 1 atom stereocenters. The molecule has 1 saturated heterocycles. The summed E-state index contributed by atoms with van der Waals surface area (Å²) >= 11 is 0. The summed E-state index contributed by atoms with van der Waals surface area (Å²) in [5, 5.41) is 0. The fourth-order valence-electron chi connectivity index (χ4n) is 3.38. The average molecular weight is 318 g/mol. The van der Waals surface area contributed by atoms with Crippen molar-refractivity contribution in [1.82, 2.24) is 4.90 Å². The predicted molar refractivity (Wildman–Crippen MR) is 85.9 cm³/mol. The van der Waals surface area contributed by atoms with Crippen LogP contribution in [-0.4, -0.2) is 50.8 Å². The van der Waals surface area contributed by atoms with E-state index in [-0.39, 0.29) is 17.9 Å². The molecule has 6 nitrogen and oxygen atoms in total. The number of anilines is 1. The molecule has 2 aliphatic rings. The van der Waals surface area contributed by atoms with Crippen molar-refractivity contribution in [2.45, 2.75) is 25.2 Å². The maximum atomic E-state index is 12.8. The number of likely N-dealkylation sites (tertiary alicyclic amines) is 1. The van der Waals surface area contributed by atoms with Crippen molar-refractivity contribution in [3.8, 4) is 5.75 Å². The first-order valence-electron chi connectivity index (χ1n) is 7.98. The molecule has 1 aromatic carbocycles. The fourth-order valence-corrected chi connectivity index (χ4v) is 3.38. The summed E-state index contributed by atoms with van der Waals surface area (Å²) in [4.78, 5) is 28.5. The summed E-state index contributed by atoms with van der Waals surface area (Å²) in [7, 11) is 2.98. The van der Waals surface area contributed by atoms with E-state index in [2.05, 4.69) is 0 Å². The van der Waals surface area contributed by atoms with Crippen molar-refractivity contribution in [1.29, 1.82) is 0 Å². The molecule has 2 aliphatic heterocycles. The van der Waals surface area contributed by atoms with Crippen molar-refractivity contribution in [2.24, 2.45) is 0 Å². The number of methoxy groups -OCH3 is 2. The molecule has 124 valence electrons. The number of ether oxygens (including phenoxy) is 2. The minimum Gasteiger partial charge on any atom is -0.497 e. The molecule has 0 radical (unpaired) electrons. The molecule has 0 aromatic heterocycles. The first-order valence-corrected chi connectivity index (χ1v) is 7.98. The highest BCUT2D eigenvalue weighted by Crippen LogP contribution is 2.39. The maximum absolute atomic E-state index is 12.8. The van der Waals surface area contributed by atoms with Crippen LogP contribution in [0.5, 0.6) is 5.75 Å². The summed E-state index contributed by atoms with van der Waals surface area (Å²) in [6, 6.07) is 5.54. The van der Waals surface area contributed by atoms with E-state index in [1.165, 1.54) is 7.11 Å². The Morgan fingerprint density at radius 1 is 1.13 bits per heavy atom. The third-order valence-electron chi connectivity index (χ3n) is 4.64. The number of hydrogen-bond donors (Lipinski definition) is 0. The molecular weight excluding hydrogens is 296 g/mol. The molecule has 0 bridgehead atoms. The maximum Gasteiger partial charge on any atom is 0.324 e. The summed E-state index contributed by atoms with van der Waals surface area (Å²) in [5.41, 5.74) is 1.58. The molecule has 0 aliphatic carbocycles. The van der Waals surface area contributed by atoms with Gasteiger partial charge < -0.3 is 14.4 Å². The van der Waals surface area contributed by atoms with Crippen LogP contribution in [0.1, 0.15) is 30.7 Å². The van der Waals surface area contributed by atoms with Gasteiger partial charge in [-0.25, -0.2) is 4.79 Å². The number of nitrogens with zero attached hydrogens (tertiary/aromatic N) is 2. The zero-order valence-electron chi connectivity index (χ0n) is 13.6. The van der Waals surface area contributed by atoms with Crippen LogP contribution in [0.25, 0.3) is 0 Å². The molecule has 0 N–H and O–H groups in total. The van der Waals surface area contributed by atoms with Crippen LogP contribution in [0.4, 0.5) is 10.5 Å². The van der Waals surface area contributed by atoms with Gasteiger partial charge in [-0.05, 0) is 43.0 Å². The summed E-state index contributed by atoms with van der Waals surface area (Å²) in [5.74, 6) is 0.0497. The van der Waals surface area contributed by atoms with Gasteiger partial charge in [0.15, 0.2) is 0 Å². The number of rotatable bonds is 2. The Balaban J connectivity index is 1.96. The number of esters is 1. The highest BCUT2D eigenvalue weighted by atomic mass is 16.5. The van der Waals surface area contributed by atoms with Crippen LogP contribution < -0.4 is 9.64 Å². The van der Waals surface area contributed by atoms with Crippen molar-refractivity contribution < 1.29 is 19.1 Å². The van der Waals surface area contributed by atoms with Crippen LogP contribution >= 0.6 is 0 Å². The second-order valence-corrected chi connectivity index (χ2v) is 5.92. The minimum atomic E-state index is -0.354. The third-order valence-corrected chi connectivity index (χ3v) is 4.64. The molecule has 2 heterocycles. The van der Waals surface area contributed by atoms with Crippen molar-refractivity contribution >= 4 is 17.7 Å². The van der Waals surface area contributed by atoms with E-state index in [4.69, 9.17) is 9.47 Å². The number of amides is 2. The number of benzene rings is 1. The van der Waals surface area contributed by atoms with Gasteiger partial charge in [0.1, 0.15) is 5.75 Å².